The average molecular weight is 306 g/mol. The minimum atomic E-state index is 0.0928. The molecule has 3 aromatic rings. The second-order valence-electron chi connectivity index (χ2n) is 6.07. The number of hydrogen-bond acceptors (Lipinski definition) is 1. The molecule has 3 rings (SSSR count). The maximum absolute atomic E-state index is 12.1. The molecule has 0 unspecified atom stereocenters. The Labute approximate surface area is 136 Å². The lowest BCUT2D eigenvalue weighted by molar-refractivity contribution is -0.121. The number of para-hydroxylation sites is 1. The van der Waals surface area contributed by atoms with Crippen molar-refractivity contribution in [2.75, 3.05) is 0 Å². The molecule has 118 valence electrons. The maximum atomic E-state index is 12.1. The lowest BCUT2D eigenvalue weighted by Gasteiger charge is -2.09. The van der Waals surface area contributed by atoms with Crippen LogP contribution in [0.4, 0.5) is 0 Å². The number of aromatic amines is 1. The van der Waals surface area contributed by atoms with Gasteiger partial charge in [-0.05, 0) is 43.0 Å². The van der Waals surface area contributed by atoms with Crippen LogP contribution in [-0.2, 0) is 17.8 Å². The maximum Gasteiger partial charge on any atom is 0.220 e. The minimum Gasteiger partial charge on any atom is -0.361 e. The van der Waals surface area contributed by atoms with Crippen LogP contribution in [0.3, 0.4) is 0 Å². The first-order valence-electron chi connectivity index (χ1n) is 8.01. The van der Waals surface area contributed by atoms with Gasteiger partial charge in [0, 0.05) is 30.1 Å². The highest BCUT2D eigenvalue weighted by Gasteiger charge is 2.07. The van der Waals surface area contributed by atoms with Crippen molar-refractivity contribution in [3.63, 3.8) is 0 Å². The molecule has 1 heterocycles. The Kier molecular flexibility index (Phi) is 4.47. The molecule has 3 heteroatoms. The van der Waals surface area contributed by atoms with E-state index in [1.807, 2.05) is 18.3 Å². The normalized spacial score (nSPS) is 10.9. The minimum absolute atomic E-state index is 0.0928. The fraction of sp³-hybridized carbons (Fsp3) is 0.250. The van der Waals surface area contributed by atoms with E-state index < -0.39 is 0 Å². The molecule has 2 aromatic carbocycles. The van der Waals surface area contributed by atoms with Gasteiger partial charge in [-0.15, -0.1) is 0 Å². The summed E-state index contributed by atoms with van der Waals surface area (Å²) in [5, 5.41) is 4.22. The van der Waals surface area contributed by atoms with Crippen LogP contribution in [0.25, 0.3) is 10.9 Å². The van der Waals surface area contributed by atoms with Crippen LogP contribution < -0.4 is 5.32 Å². The lowest BCUT2D eigenvalue weighted by Crippen LogP contribution is -2.23. The van der Waals surface area contributed by atoms with Crippen molar-refractivity contribution in [2.45, 2.75) is 33.2 Å². The van der Waals surface area contributed by atoms with Gasteiger partial charge in [0.25, 0.3) is 0 Å². The zero-order valence-electron chi connectivity index (χ0n) is 13.6. The van der Waals surface area contributed by atoms with E-state index in [-0.39, 0.29) is 5.91 Å². The van der Waals surface area contributed by atoms with Crippen LogP contribution in [-0.4, -0.2) is 10.9 Å². The number of carbonyl (C=O) groups is 1. The van der Waals surface area contributed by atoms with Crippen LogP contribution in [0.5, 0.6) is 0 Å². The molecule has 0 aliphatic heterocycles. The third-order valence-electron chi connectivity index (χ3n) is 4.27. The quantitative estimate of drug-likeness (QED) is 0.734. The highest BCUT2D eigenvalue weighted by atomic mass is 16.1. The number of fused-ring (bicyclic) bond motifs is 1. The zero-order valence-corrected chi connectivity index (χ0v) is 13.6. The summed E-state index contributed by atoms with van der Waals surface area (Å²) in [6.07, 6.45) is 3.26. The molecular formula is C20H22N2O. The molecule has 0 aliphatic carbocycles. The molecule has 0 saturated heterocycles. The van der Waals surface area contributed by atoms with Crippen molar-refractivity contribution in [3.8, 4) is 0 Å². The first-order valence-corrected chi connectivity index (χ1v) is 8.01. The van der Waals surface area contributed by atoms with Crippen LogP contribution in [0.1, 0.15) is 28.7 Å². The Morgan fingerprint density at radius 3 is 2.74 bits per heavy atom. The Hall–Kier alpha value is -2.55. The van der Waals surface area contributed by atoms with Gasteiger partial charge < -0.3 is 10.3 Å². The Morgan fingerprint density at radius 2 is 1.91 bits per heavy atom. The highest BCUT2D eigenvalue weighted by Crippen LogP contribution is 2.19. The number of H-pyrrole nitrogens is 1. The summed E-state index contributed by atoms with van der Waals surface area (Å²) < 4.78 is 0. The molecule has 1 aromatic heterocycles. The van der Waals surface area contributed by atoms with E-state index in [0.29, 0.717) is 13.0 Å². The van der Waals surface area contributed by atoms with Crippen LogP contribution in [0.2, 0.25) is 0 Å². The van der Waals surface area contributed by atoms with Gasteiger partial charge in [0.1, 0.15) is 0 Å². The molecule has 23 heavy (non-hydrogen) atoms. The Bertz CT molecular complexity index is 833. The standard InChI is InChI=1S/C20H22N2O/c1-14-7-8-16(15(2)11-14)12-22-20(23)10-9-17-13-21-19-6-4-3-5-18(17)19/h3-8,11,13,21H,9-10,12H2,1-2H3,(H,22,23). The third kappa shape index (κ3) is 3.62. The fourth-order valence-corrected chi connectivity index (χ4v) is 2.91. The number of carbonyl (C=O) groups excluding carboxylic acids is 1. The van der Waals surface area contributed by atoms with Crippen LogP contribution >= 0.6 is 0 Å². The van der Waals surface area contributed by atoms with Crippen molar-refractivity contribution < 1.29 is 4.79 Å². The van der Waals surface area contributed by atoms with Gasteiger partial charge in [0.2, 0.25) is 5.91 Å². The summed E-state index contributed by atoms with van der Waals surface area (Å²) in [6.45, 7) is 4.76. The van der Waals surface area contributed by atoms with E-state index in [2.05, 4.69) is 54.5 Å². The van der Waals surface area contributed by atoms with Gasteiger partial charge in [0.15, 0.2) is 0 Å². The molecule has 2 N–H and O–H groups in total. The van der Waals surface area contributed by atoms with Crippen LogP contribution in [0, 0.1) is 13.8 Å². The van der Waals surface area contributed by atoms with E-state index in [9.17, 15) is 4.79 Å². The number of aryl methyl sites for hydroxylation is 3. The van der Waals surface area contributed by atoms with Crippen molar-refractivity contribution in [1.82, 2.24) is 10.3 Å². The predicted molar refractivity (Wildman–Crippen MR) is 94.4 cm³/mol. The number of benzene rings is 2. The zero-order chi connectivity index (χ0) is 16.2. The number of nitrogens with one attached hydrogen (secondary N) is 2. The highest BCUT2D eigenvalue weighted by molar-refractivity contribution is 5.84. The molecule has 0 saturated carbocycles. The van der Waals surface area contributed by atoms with Crippen molar-refractivity contribution in [3.05, 3.63) is 70.9 Å². The molecule has 0 fully saturated rings. The molecule has 1 amide bonds. The fourth-order valence-electron chi connectivity index (χ4n) is 2.91. The largest absolute Gasteiger partial charge is 0.361 e. The Morgan fingerprint density at radius 1 is 1.09 bits per heavy atom. The van der Waals surface area contributed by atoms with E-state index in [0.717, 1.165) is 11.9 Å². The van der Waals surface area contributed by atoms with Crippen molar-refractivity contribution in [1.29, 1.82) is 0 Å². The van der Waals surface area contributed by atoms with Crippen LogP contribution in [0.15, 0.2) is 48.7 Å². The van der Waals surface area contributed by atoms with E-state index >= 15 is 0 Å². The van der Waals surface area contributed by atoms with E-state index in [4.69, 9.17) is 0 Å². The number of hydrogen-bond donors (Lipinski definition) is 2. The van der Waals surface area contributed by atoms with Gasteiger partial charge in [0.05, 0.1) is 0 Å². The molecule has 0 aliphatic rings. The molecule has 0 radical (unpaired) electrons. The van der Waals surface area contributed by atoms with Gasteiger partial charge in [-0.1, -0.05) is 42.0 Å². The molecular weight excluding hydrogens is 284 g/mol. The summed E-state index contributed by atoms with van der Waals surface area (Å²) in [5.74, 6) is 0.0928. The van der Waals surface area contributed by atoms with Gasteiger partial charge in [-0.3, -0.25) is 4.79 Å². The molecule has 0 bridgehead atoms. The molecule has 0 spiro atoms. The van der Waals surface area contributed by atoms with E-state index in [1.165, 1.54) is 27.6 Å². The number of rotatable bonds is 5. The first kappa shape index (κ1) is 15.3. The topological polar surface area (TPSA) is 44.9 Å². The summed E-state index contributed by atoms with van der Waals surface area (Å²) in [5.41, 5.74) is 5.97. The SMILES string of the molecule is Cc1ccc(CNC(=O)CCc2c[nH]c3ccccc23)c(C)c1. The summed E-state index contributed by atoms with van der Waals surface area (Å²) in [6, 6.07) is 14.5. The Balaban J connectivity index is 1.55. The summed E-state index contributed by atoms with van der Waals surface area (Å²) in [4.78, 5) is 15.4. The second-order valence-corrected chi connectivity index (χ2v) is 6.07. The number of aromatic nitrogens is 1. The average Bonchev–Trinajstić information content (AvgIpc) is 2.95. The monoisotopic (exact) mass is 306 g/mol. The molecule has 3 nitrogen and oxygen atoms in total. The third-order valence-corrected chi connectivity index (χ3v) is 4.27. The molecule has 0 atom stereocenters. The van der Waals surface area contributed by atoms with E-state index in [1.54, 1.807) is 0 Å². The first-order chi connectivity index (χ1) is 11.1. The van der Waals surface area contributed by atoms with Gasteiger partial charge >= 0.3 is 0 Å². The lowest BCUT2D eigenvalue weighted by atomic mass is 10.1. The smallest absolute Gasteiger partial charge is 0.220 e. The van der Waals surface area contributed by atoms with Gasteiger partial charge in [-0.2, -0.15) is 0 Å². The predicted octanol–water partition coefficient (Wildman–Crippen LogP) is 4.03. The summed E-state index contributed by atoms with van der Waals surface area (Å²) in [7, 11) is 0. The van der Waals surface area contributed by atoms with Crippen molar-refractivity contribution in [2.24, 2.45) is 0 Å². The van der Waals surface area contributed by atoms with Gasteiger partial charge in [-0.25, -0.2) is 0 Å². The van der Waals surface area contributed by atoms with Crippen molar-refractivity contribution >= 4 is 16.8 Å². The number of amides is 1. The summed E-state index contributed by atoms with van der Waals surface area (Å²) >= 11 is 0. The second kappa shape index (κ2) is 6.69.